The number of rotatable bonds is 20. The van der Waals surface area contributed by atoms with Crippen molar-refractivity contribution in [3.05, 3.63) is 135 Å². The molecule has 15 nitrogen and oxygen atoms in total. The molecule has 0 aromatic heterocycles. The van der Waals surface area contributed by atoms with Gasteiger partial charge in [-0.15, -0.1) is 23.2 Å². The summed E-state index contributed by atoms with van der Waals surface area (Å²) in [5.41, 5.74) is 3.38. The van der Waals surface area contributed by atoms with Crippen molar-refractivity contribution in [1.82, 2.24) is 0 Å². The lowest BCUT2D eigenvalue weighted by Crippen LogP contribution is -2.32. The number of carbonyl (C=O) groups is 6. The fourth-order valence-corrected chi connectivity index (χ4v) is 6.78. The van der Waals surface area contributed by atoms with E-state index in [1.54, 1.807) is 24.3 Å². The summed E-state index contributed by atoms with van der Waals surface area (Å²) >= 11 is 30.4. The Labute approximate surface area is 398 Å². The highest BCUT2D eigenvalue weighted by Gasteiger charge is 2.27. The van der Waals surface area contributed by atoms with Gasteiger partial charge in [-0.2, -0.15) is 20.5 Å². The summed E-state index contributed by atoms with van der Waals surface area (Å²) in [6.07, 6.45) is 1.07. The molecule has 0 saturated carbocycles. The van der Waals surface area contributed by atoms with E-state index < -0.39 is 47.3 Å². The van der Waals surface area contributed by atoms with Gasteiger partial charge in [0.25, 0.3) is 23.6 Å². The first-order valence-electron chi connectivity index (χ1n) is 19.5. The van der Waals surface area contributed by atoms with Crippen LogP contribution in [0.4, 0.5) is 34.1 Å². The average molecular weight is 981 g/mol. The molecule has 2 unspecified atom stereocenters. The summed E-state index contributed by atoms with van der Waals surface area (Å²) in [6, 6.07) is 23.3. The number of hydrogen-bond acceptors (Lipinski definition) is 11. The second-order valence-electron chi connectivity index (χ2n) is 13.8. The Bertz CT molecular complexity index is 2660. The predicted octanol–water partition coefficient (Wildman–Crippen LogP) is 11.0. The van der Waals surface area contributed by atoms with Crippen LogP contribution in [0.3, 0.4) is 0 Å². The van der Waals surface area contributed by atoms with Crippen LogP contribution in [0.1, 0.15) is 45.7 Å². The lowest BCUT2D eigenvalue weighted by atomic mass is 10.1. The molecule has 2 atom stereocenters. The first-order chi connectivity index (χ1) is 31.2. The van der Waals surface area contributed by atoms with E-state index in [2.05, 4.69) is 41.7 Å². The molecule has 20 heteroatoms. The van der Waals surface area contributed by atoms with E-state index in [4.69, 9.17) is 62.7 Å². The van der Waals surface area contributed by atoms with E-state index in [1.165, 1.54) is 54.6 Å². The molecule has 0 fully saturated rings. The van der Waals surface area contributed by atoms with Gasteiger partial charge in [0.15, 0.2) is 17.6 Å². The molecular formula is C45H39Cl5N8O7. The minimum absolute atomic E-state index is 0.0158. The van der Waals surface area contributed by atoms with Crippen LogP contribution >= 0.6 is 58.0 Å². The summed E-state index contributed by atoms with van der Waals surface area (Å²) in [5, 5.41) is 27.0. The Morgan fingerprint density at radius 3 is 1.46 bits per heavy atom. The maximum atomic E-state index is 13.5. The van der Waals surface area contributed by atoms with Gasteiger partial charge < -0.3 is 26.0 Å². The molecule has 5 rings (SSSR count). The second-order valence-corrected chi connectivity index (χ2v) is 15.6. The zero-order valence-corrected chi connectivity index (χ0v) is 38.3. The van der Waals surface area contributed by atoms with Crippen molar-refractivity contribution in [1.29, 1.82) is 0 Å². The van der Waals surface area contributed by atoms with Crippen molar-refractivity contribution in [2.24, 2.45) is 20.5 Å². The SMILES string of the molecule is CC(=O)C(N=Nc1cc(C(=O)Nc2ccccc2CCCl)ccc1Cl)C(=O)Nc1ccc(NC(=O)C(N=Nc2cc(C(=O)Nc3ccccc3CCCl)ccc2Cl)C(C)=O)c(OCCl)c1. The third-order valence-electron chi connectivity index (χ3n) is 9.22. The van der Waals surface area contributed by atoms with E-state index >= 15 is 0 Å². The molecule has 0 bridgehead atoms. The molecule has 4 N–H and O–H groups in total. The molecule has 5 aromatic carbocycles. The third kappa shape index (κ3) is 13.9. The Balaban J connectivity index is 1.28. The fourth-order valence-electron chi connectivity index (χ4n) is 5.94. The molecule has 65 heavy (non-hydrogen) atoms. The van der Waals surface area contributed by atoms with E-state index in [0.717, 1.165) is 25.0 Å². The van der Waals surface area contributed by atoms with Crippen molar-refractivity contribution >= 4 is 127 Å². The van der Waals surface area contributed by atoms with Crippen molar-refractivity contribution in [2.45, 2.75) is 38.8 Å². The van der Waals surface area contributed by atoms with Crippen LogP contribution in [-0.4, -0.2) is 65.1 Å². The van der Waals surface area contributed by atoms with Gasteiger partial charge in [0.1, 0.15) is 17.1 Å². The number of ether oxygens (including phenoxy) is 1. The number of hydrogen-bond donors (Lipinski definition) is 4. The minimum Gasteiger partial charge on any atom is -0.476 e. The zero-order valence-electron chi connectivity index (χ0n) is 34.5. The lowest BCUT2D eigenvalue weighted by Gasteiger charge is -2.15. The van der Waals surface area contributed by atoms with Crippen LogP contribution in [0.25, 0.3) is 0 Å². The molecule has 0 radical (unpaired) electrons. The molecular weight excluding hydrogens is 942 g/mol. The number of para-hydroxylation sites is 2. The van der Waals surface area contributed by atoms with Crippen LogP contribution < -0.4 is 26.0 Å². The summed E-state index contributed by atoms with van der Waals surface area (Å²) in [5.74, 6) is -3.39. The first-order valence-corrected chi connectivity index (χ1v) is 21.9. The van der Waals surface area contributed by atoms with Crippen molar-refractivity contribution in [2.75, 3.05) is 39.1 Å². The molecule has 5 aromatic rings. The standard InChI is InChI=1S/C45H39Cl5N8O7/c1-25(59)40(57-55-37-21-29(11-14-32(37)49)42(61)52-34-9-5-3-7-27(34)17-19-46)44(63)51-31-13-16-36(39(23-31)65-24-48)54-45(64)41(26(2)60)58-56-38-22-30(12-15-33(38)50)43(62)53-35-10-6-4-8-28(35)18-20-47/h3-16,21-23,40-41H,17-20,24H2,1-2H3,(H,51,63)(H,52,61)(H,53,62)(H,54,64). The summed E-state index contributed by atoms with van der Waals surface area (Å²) in [7, 11) is 0. The summed E-state index contributed by atoms with van der Waals surface area (Å²) in [6.45, 7) is 2.28. The topological polar surface area (TPSA) is 209 Å². The number of alkyl halides is 3. The van der Waals surface area contributed by atoms with Crippen LogP contribution in [0.15, 0.2) is 124 Å². The van der Waals surface area contributed by atoms with Crippen molar-refractivity contribution < 1.29 is 33.5 Å². The van der Waals surface area contributed by atoms with Crippen LogP contribution in [-0.2, 0) is 32.0 Å². The Morgan fingerprint density at radius 1 is 0.554 bits per heavy atom. The number of Topliss-reactive ketones (excluding diaryl/α,β-unsaturated/α-hetero) is 2. The molecule has 0 aliphatic carbocycles. The number of amides is 4. The first kappa shape index (κ1) is 49.8. The van der Waals surface area contributed by atoms with Gasteiger partial charge in [0, 0.05) is 46.0 Å². The van der Waals surface area contributed by atoms with Gasteiger partial charge >= 0.3 is 0 Å². The van der Waals surface area contributed by atoms with Gasteiger partial charge in [-0.05, 0) is 98.5 Å². The Kier molecular flexibility index (Phi) is 18.5. The average Bonchev–Trinajstić information content (AvgIpc) is 3.27. The lowest BCUT2D eigenvalue weighted by molar-refractivity contribution is -0.127. The molecule has 336 valence electrons. The zero-order chi connectivity index (χ0) is 47.0. The minimum atomic E-state index is -1.67. The van der Waals surface area contributed by atoms with E-state index in [-0.39, 0.29) is 55.7 Å². The van der Waals surface area contributed by atoms with E-state index in [1.807, 2.05) is 24.3 Å². The molecule has 0 heterocycles. The van der Waals surface area contributed by atoms with Gasteiger partial charge in [-0.1, -0.05) is 71.2 Å². The number of nitrogens with one attached hydrogen (secondary N) is 4. The van der Waals surface area contributed by atoms with E-state index in [9.17, 15) is 28.8 Å². The number of benzene rings is 5. The Morgan fingerprint density at radius 2 is 1.02 bits per heavy atom. The number of halogens is 5. The Hall–Kier alpha value is -6.23. The monoisotopic (exact) mass is 978 g/mol. The number of ketones is 2. The number of nitrogens with zero attached hydrogens (tertiary/aromatic N) is 4. The molecule has 0 spiro atoms. The van der Waals surface area contributed by atoms with Crippen molar-refractivity contribution in [3.8, 4) is 5.75 Å². The summed E-state index contributed by atoms with van der Waals surface area (Å²) in [4.78, 5) is 78.4. The number of azo groups is 2. The van der Waals surface area contributed by atoms with E-state index in [0.29, 0.717) is 36.0 Å². The molecule has 0 saturated heterocycles. The van der Waals surface area contributed by atoms with Crippen LogP contribution in [0.2, 0.25) is 10.0 Å². The molecule has 0 aliphatic rings. The van der Waals surface area contributed by atoms with Crippen LogP contribution in [0.5, 0.6) is 5.75 Å². The maximum absolute atomic E-state index is 13.5. The van der Waals surface area contributed by atoms with Gasteiger partial charge in [-0.3, -0.25) is 28.8 Å². The second kappa shape index (κ2) is 24.2. The third-order valence-corrected chi connectivity index (χ3v) is 10.3. The predicted molar refractivity (Wildman–Crippen MR) is 254 cm³/mol. The normalized spacial score (nSPS) is 12.0. The largest absolute Gasteiger partial charge is 0.476 e. The highest BCUT2D eigenvalue weighted by Crippen LogP contribution is 2.32. The number of aryl methyl sites for hydroxylation is 2. The van der Waals surface area contributed by atoms with Crippen LogP contribution in [0, 0.1) is 0 Å². The van der Waals surface area contributed by atoms with Gasteiger partial charge in [0.2, 0.25) is 12.1 Å². The van der Waals surface area contributed by atoms with Crippen molar-refractivity contribution in [3.63, 3.8) is 0 Å². The molecule has 0 aliphatic heterocycles. The van der Waals surface area contributed by atoms with Gasteiger partial charge in [0.05, 0.1) is 15.7 Å². The summed E-state index contributed by atoms with van der Waals surface area (Å²) < 4.78 is 5.49. The number of anilines is 4. The quantitative estimate of drug-likeness (QED) is 0.0336. The fraction of sp³-hybridized carbons (Fsp3) is 0.200. The van der Waals surface area contributed by atoms with Gasteiger partial charge in [-0.25, -0.2) is 0 Å². The number of carbonyl (C=O) groups excluding carboxylic acids is 6. The smallest absolute Gasteiger partial charge is 0.258 e. The highest BCUT2D eigenvalue weighted by molar-refractivity contribution is 6.33. The maximum Gasteiger partial charge on any atom is 0.258 e. The highest BCUT2D eigenvalue weighted by atomic mass is 35.5. The molecule has 4 amide bonds.